The van der Waals surface area contributed by atoms with Crippen molar-refractivity contribution in [3.63, 3.8) is 0 Å². The highest BCUT2D eigenvalue weighted by molar-refractivity contribution is 5.46. The van der Waals surface area contributed by atoms with E-state index >= 15 is 0 Å². The predicted octanol–water partition coefficient (Wildman–Crippen LogP) is 1.79. The molecule has 1 unspecified atom stereocenters. The second-order valence-electron chi connectivity index (χ2n) is 5.50. The summed E-state index contributed by atoms with van der Waals surface area (Å²) in [4.78, 5) is 2.18. The van der Waals surface area contributed by atoms with E-state index in [9.17, 15) is 5.11 Å². The summed E-state index contributed by atoms with van der Waals surface area (Å²) in [5.74, 6) is 1.62. The molecule has 1 aromatic rings. The van der Waals surface area contributed by atoms with E-state index < -0.39 is 0 Å². The van der Waals surface area contributed by atoms with Gasteiger partial charge in [0.05, 0.1) is 6.61 Å². The molecule has 98 valence electrons. The molecule has 3 rings (SSSR count). The summed E-state index contributed by atoms with van der Waals surface area (Å²) in [6.45, 7) is 0.543. The van der Waals surface area contributed by atoms with Crippen molar-refractivity contribution in [3.05, 3.63) is 23.8 Å². The van der Waals surface area contributed by atoms with Gasteiger partial charge in [0.25, 0.3) is 0 Å². The van der Waals surface area contributed by atoms with Crippen molar-refractivity contribution in [2.24, 2.45) is 5.41 Å². The van der Waals surface area contributed by atoms with Crippen LogP contribution in [0.15, 0.2) is 18.2 Å². The summed E-state index contributed by atoms with van der Waals surface area (Å²) in [5.41, 5.74) is 1.22. The van der Waals surface area contributed by atoms with Crippen LogP contribution in [0.25, 0.3) is 0 Å². The normalized spacial score (nSPS) is 21.1. The molecule has 4 nitrogen and oxygen atoms in total. The number of ether oxygens (including phenoxy) is 2. The number of rotatable bonds is 4. The predicted molar refractivity (Wildman–Crippen MR) is 67.7 cm³/mol. The van der Waals surface area contributed by atoms with Gasteiger partial charge in [0.2, 0.25) is 6.79 Å². The van der Waals surface area contributed by atoms with Crippen LogP contribution in [0.4, 0.5) is 0 Å². The van der Waals surface area contributed by atoms with Crippen molar-refractivity contribution >= 4 is 0 Å². The molecule has 1 aliphatic heterocycles. The highest BCUT2D eigenvalue weighted by atomic mass is 16.7. The zero-order chi connectivity index (χ0) is 12.8. The van der Waals surface area contributed by atoms with Gasteiger partial charge in [-0.3, -0.25) is 0 Å². The summed E-state index contributed by atoms with van der Waals surface area (Å²) in [5, 5.41) is 9.65. The van der Waals surface area contributed by atoms with Crippen molar-refractivity contribution < 1.29 is 14.6 Å². The molecule has 0 spiro atoms. The number of aliphatic hydroxyl groups is 1. The van der Waals surface area contributed by atoms with Crippen molar-refractivity contribution in [2.45, 2.75) is 18.9 Å². The average molecular weight is 249 g/mol. The van der Waals surface area contributed by atoms with Crippen LogP contribution in [-0.4, -0.2) is 37.5 Å². The lowest BCUT2D eigenvalue weighted by Crippen LogP contribution is -2.30. The summed E-state index contributed by atoms with van der Waals surface area (Å²) in [6.07, 6.45) is 2.17. The van der Waals surface area contributed by atoms with Crippen LogP contribution in [0.3, 0.4) is 0 Å². The number of hydrogen-bond acceptors (Lipinski definition) is 4. The van der Waals surface area contributed by atoms with Gasteiger partial charge in [-0.1, -0.05) is 6.07 Å². The first-order valence-corrected chi connectivity index (χ1v) is 6.33. The van der Waals surface area contributed by atoms with Gasteiger partial charge in [-0.05, 0) is 44.6 Å². The molecule has 1 atom stereocenters. The fourth-order valence-electron chi connectivity index (χ4n) is 2.96. The minimum Gasteiger partial charge on any atom is -0.454 e. The van der Waals surface area contributed by atoms with Gasteiger partial charge in [-0.15, -0.1) is 0 Å². The third-order valence-electron chi connectivity index (χ3n) is 4.02. The van der Waals surface area contributed by atoms with Crippen LogP contribution < -0.4 is 9.47 Å². The lowest BCUT2D eigenvalue weighted by molar-refractivity contribution is 0.115. The molecular formula is C14H19NO3. The van der Waals surface area contributed by atoms with Crippen LogP contribution in [0, 0.1) is 5.41 Å². The number of fused-ring (bicyclic) bond motifs is 1. The number of nitrogens with zero attached hydrogens (tertiary/aromatic N) is 1. The highest BCUT2D eigenvalue weighted by Gasteiger charge is 2.50. The van der Waals surface area contributed by atoms with E-state index in [0.29, 0.717) is 6.79 Å². The first-order chi connectivity index (χ1) is 8.66. The summed E-state index contributed by atoms with van der Waals surface area (Å²) in [7, 11) is 4.12. The molecule has 0 saturated heterocycles. The van der Waals surface area contributed by atoms with Crippen LogP contribution in [-0.2, 0) is 0 Å². The molecule has 1 saturated carbocycles. The van der Waals surface area contributed by atoms with Gasteiger partial charge in [0, 0.05) is 11.5 Å². The largest absolute Gasteiger partial charge is 0.454 e. The summed E-state index contributed by atoms with van der Waals surface area (Å²) in [6, 6.07) is 6.31. The zero-order valence-electron chi connectivity index (χ0n) is 10.8. The topological polar surface area (TPSA) is 41.9 Å². The van der Waals surface area contributed by atoms with Crippen LogP contribution >= 0.6 is 0 Å². The van der Waals surface area contributed by atoms with E-state index in [2.05, 4.69) is 25.1 Å². The van der Waals surface area contributed by atoms with Gasteiger partial charge < -0.3 is 19.5 Å². The third-order valence-corrected chi connectivity index (χ3v) is 4.02. The molecule has 0 amide bonds. The van der Waals surface area contributed by atoms with E-state index in [1.165, 1.54) is 5.56 Å². The van der Waals surface area contributed by atoms with Crippen molar-refractivity contribution in [3.8, 4) is 11.5 Å². The average Bonchev–Trinajstić information content (AvgIpc) is 2.99. The van der Waals surface area contributed by atoms with E-state index in [-0.39, 0.29) is 18.1 Å². The summed E-state index contributed by atoms with van der Waals surface area (Å²) >= 11 is 0. The maximum absolute atomic E-state index is 9.65. The van der Waals surface area contributed by atoms with Gasteiger partial charge >= 0.3 is 0 Å². The molecule has 1 fully saturated rings. The van der Waals surface area contributed by atoms with E-state index in [4.69, 9.17) is 9.47 Å². The molecule has 18 heavy (non-hydrogen) atoms. The maximum Gasteiger partial charge on any atom is 0.231 e. The number of benzene rings is 1. The molecule has 0 bridgehead atoms. The smallest absolute Gasteiger partial charge is 0.231 e. The second kappa shape index (κ2) is 4.14. The Morgan fingerprint density at radius 1 is 1.28 bits per heavy atom. The van der Waals surface area contributed by atoms with Crippen LogP contribution in [0.2, 0.25) is 0 Å². The Morgan fingerprint density at radius 2 is 2.00 bits per heavy atom. The first-order valence-electron chi connectivity index (χ1n) is 6.33. The standard InChI is InChI=1S/C14H19NO3/c1-15(2)13(14(8-16)5-6-14)10-3-4-11-12(7-10)18-9-17-11/h3-4,7,13,16H,5-6,8-9H2,1-2H3. The molecule has 0 aromatic heterocycles. The molecule has 1 N–H and O–H groups in total. The molecule has 1 aliphatic carbocycles. The fourth-order valence-corrected chi connectivity index (χ4v) is 2.96. The van der Waals surface area contributed by atoms with Gasteiger partial charge in [-0.25, -0.2) is 0 Å². The molecule has 2 aliphatic rings. The van der Waals surface area contributed by atoms with Gasteiger partial charge in [-0.2, -0.15) is 0 Å². The minimum atomic E-state index is 0.0250. The van der Waals surface area contributed by atoms with Crippen LogP contribution in [0.1, 0.15) is 24.4 Å². The molecule has 4 heteroatoms. The number of aliphatic hydroxyl groups excluding tert-OH is 1. The second-order valence-corrected chi connectivity index (χ2v) is 5.50. The molecular weight excluding hydrogens is 230 g/mol. The third kappa shape index (κ3) is 1.76. The SMILES string of the molecule is CN(C)C(c1ccc2c(c1)OCO2)C1(CO)CC1. The first kappa shape index (κ1) is 11.8. The molecule has 0 radical (unpaired) electrons. The van der Waals surface area contributed by atoms with Crippen molar-refractivity contribution in [1.82, 2.24) is 4.90 Å². The summed E-state index contributed by atoms with van der Waals surface area (Å²) < 4.78 is 10.8. The van der Waals surface area contributed by atoms with E-state index in [1.54, 1.807) is 0 Å². The van der Waals surface area contributed by atoms with Gasteiger partial charge in [0.1, 0.15) is 0 Å². The Bertz CT molecular complexity index is 454. The lowest BCUT2D eigenvalue weighted by Gasteiger charge is -2.32. The quantitative estimate of drug-likeness (QED) is 0.883. The Labute approximate surface area is 107 Å². The highest BCUT2D eigenvalue weighted by Crippen LogP contribution is 2.57. The zero-order valence-corrected chi connectivity index (χ0v) is 10.8. The number of hydrogen-bond donors (Lipinski definition) is 1. The molecule has 1 heterocycles. The fraction of sp³-hybridized carbons (Fsp3) is 0.571. The van der Waals surface area contributed by atoms with Gasteiger partial charge in [0.15, 0.2) is 11.5 Å². The Hall–Kier alpha value is -1.26. The Balaban J connectivity index is 1.96. The van der Waals surface area contributed by atoms with E-state index in [1.807, 2.05) is 12.1 Å². The Kier molecular flexibility index (Phi) is 2.72. The monoisotopic (exact) mass is 249 g/mol. The van der Waals surface area contributed by atoms with Crippen molar-refractivity contribution in [2.75, 3.05) is 27.5 Å². The Morgan fingerprint density at radius 3 is 2.61 bits per heavy atom. The van der Waals surface area contributed by atoms with E-state index in [0.717, 1.165) is 24.3 Å². The van der Waals surface area contributed by atoms with Crippen molar-refractivity contribution in [1.29, 1.82) is 0 Å². The molecule has 1 aromatic carbocycles. The lowest BCUT2D eigenvalue weighted by atomic mass is 9.89. The van der Waals surface area contributed by atoms with Crippen LogP contribution in [0.5, 0.6) is 11.5 Å². The maximum atomic E-state index is 9.65. The minimum absolute atomic E-state index is 0.0250.